The van der Waals surface area contributed by atoms with Gasteiger partial charge in [0.15, 0.2) is 0 Å². The van der Waals surface area contributed by atoms with Gasteiger partial charge >= 0.3 is 0 Å². The Labute approximate surface area is 178 Å². The molecule has 1 aliphatic heterocycles. The maximum atomic E-state index is 13.0. The van der Waals surface area contributed by atoms with Crippen LogP contribution in [0.25, 0.3) is 9.88 Å². The van der Waals surface area contributed by atoms with Crippen LogP contribution in [0.4, 0.5) is 0 Å². The van der Waals surface area contributed by atoms with Crippen molar-refractivity contribution in [3.05, 3.63) is 16.8 Å². The van der Waals surface area contributed by atoms with Gasteiger partial charge in [-0.2, -0.15) is 0 Å². The summed E-state index contributed by atoms with van der Waals surface area (Å²) in [4.78, 5) is 31.6. The highest BCUT2D eigenvalue weighted by Gasteiger charge is 2.30. The first kappa shape index (κ1) is 21.8. The number of hydrogen-bond donors (Lipinski definition) is 0. The molecule has 2 aromatic heterocycles. The van der Waals surface area contributed by atoms with Gasteiger partial charge in [0.25, 0.3) is 5.91 Å². The minimum Gasteiger partial charge on any atom is -0.343 e. The highest BCUT2D eigenvalue weighted by atomic mass is 32.2. The van der Waals surface area contributed by atoms with Crippen LogP contribution in [-0.2, 0) is 14.8 Å². The van der Waals surface area contributed by atoms with Crippen LogP contribution in [0.5, 0.6) is 0 Å². The van der Waals surface area contributed by atoms with Crippen LogP contribution in [0, 0.1) is 6.92 Å². The van der Waals surface area contributed by atoms with Crippen LogP contribution in [0.3, 0.4) is 0 Å². The molecule has 0 atom stereocenters. The largest absolute Gasteiger partial charge is 0.343 e. The van der Waals surface area contributed by atoms with Gasteiger partial charge in [0.2, 0.25) is 15.9 Å². The molecule has 0 aliphatic carbocycles. The van der Waals surface area contributed by atoms with Gasteiger partial charge < -0.3 is 4.90 Å². The van der Waals surface area contributed by atoms with E-state index in [2.05, 4.69) is 14.6 Å². The fourth-order valence-electron chi connectivity index (χ4n) is 3.11. The molecular weight excluding hydrogens is 434 g/mol. The van der Waals surface area contributed by atoms with Gasteiger partial charge in [0.05, 0.1) is 11.4 Å². The number of carbonyl (C=O) groups is 2. The lowest BCUT2D eigenvalue weighted by Crippen LogP contribution is -2.40. The summed E-state index contributed by atoms with van der Waals surface area (Å²) in [6.45, 7) is 4.71. The topological polar surface area (TPSA) is 113 Å². The van der Waals surface area contributed by atoms with E-state index in [9.17, 15) is 18.0 Å². The van der Waals surface area contributed by atoms with Crippen molar-refractivity contribution in [1.29, 1.82) is 0 Å². The summed E-state index contributed by atoms with van der Waals surface area (Å²) < 4.78 is 30.2. The number of hydrogen-bond acceptors (Lipinski definition) is 9. The van der Waals surface area contributed by atoms with Crippen LogP contribution in [0.15, 0.2) is 5.38 Å². The summed E-state index contributed by atoms with van der Waals surface area (Å²) in [5, 5.41) is 6.10. The summed E-state index contributed by atoms with van der Waals surface area (Å²) in [7, 11) is -3.76. The predicted octanol–water partition coefficient (Wildman–Crippen LogP) is 2.16. The smallest absolute Gasteiger partial charge is 0.286 e. The molecule has 1 saturated heterocycles. The van der Waals surface area contributed by atoms with Gasteiger partial charge in [0.1, 0.15) is 15.6 Å². The second-order valence-corrected chi connectivity index (χ2v) is 10.4. The maximum absolute atomic E-state index is 13.0. The number of amides is 2. The lowest BCUT2D eigenvalue weighted by molar-refractivity contribution is -0.127. The van der Waals surface area contributed by atoms with Crippen molar-refractivity contribution in [3.8, 4) is 9.88 Å². The van der Waals surface area contributed by atoms with E-state index in [1.54, 1.807) is 24.1 Å². The van der Waals surface area contributed by atoms with Crippen molar-refractivity contribution in [1.82, 2.24) is 23.8 Å². The molecule has 2 amide bonds. The van der Waals surface area contributed by atoms with E-state index < -0.39 is 15.9 Å². The van der Waals surface area contributed by atoms with Crippen LogP contribution in [0.2, 0.25) is 0 Å². The molecular formula is C17H23N5O4S3. The van der Waals surface area contributed by atoms with E-state index in [4.69, 9.17) is 0 Å². The van der Waals surface area contributed by atoms with Gasteiger partial charge in [-0.05, 0) is 37.7 Å². The molecule has 1 fully saturated rings. The van der Waals surface area contributed by atoms with E-state index >= 15 is 0 Å². The summed E-state index contributed by atoms with van der Waals surface area (Å²) in [5.74, 6) is -0.670. The molecule has 0 bridgehead atoms. The zero-order valence-electron chi connectivity index (χ0n) is 16.3. The Bertz CT molecular complexity index is 985. The lowest BCUT2D eigenvalue weighted by Gasteiger charge is -2.23. The number of carbonyl (C=O) groups excluding carboxylic acids is 2. The maximum Gasteiger partial charge on any atom is 0.286 e. The summed E-state index contributed by atoms with van der Waals surface area (Å²) in [6.07, 6.45) is 2.16. The first-order valence-electron chi connectivity index (χ1n) is 9.41. The van der Waals surface area contributed by atoms with Gasteiger partial charge in [-0.25, -0.2) is 17.7 Å². The van der Waals surface area contributed by atoms with Gasteiger partial charge in [0, 0.05) is 31.4 Å². The summed E-state index contributed by atoms with van der Waals surface area (Å²) >= 11 is 2.44. The molecule has 0 N–H and O–H groups in total. The monoisotopic (exact) mass is 457 g/mol. The van der Waals surface area contributed by atoms with Crippen LogP contribution < -0.4 is 0 Å². The molecule has 0 spiro atoms. The Kier molecular flexibility index (Phi) is 6.96. The van der Waals surface area contributed by atoms with E-state index in [1.165, 1.54) is 22.9 Å². The zero-order valence-corrected chi connectivity index (χ0v) is 18.8. The van der Waals surface area contributed by atoms with Crippen molar-refractivity contribution in [2.75, 3.05) is 25.4 Å². The molecule has 0 unspecified atom stereocenters. The first-order valence-corrected chi connectivity index (χ1v) is 12.7. The third-order valence-electron chi connectivity index (χ3n) is 4.55. The SMILES string of the molecule is CCCS(=O)(=O)N(CCCN1CCCC1=O)C(=O)c1csc(-c2snnc2C)n1. The van der Waals surface area contributed by atoms with Crippen molar-refractivity contribution < 1.29 is 18.0 Å². The quantitative estimate of drug-likeness (QED) is 0.567. The number of likely N-dealkylation sites (tertiary alicyclic amines) is 1. The van der Waals surface area contributed by atoms with Gasteiger partial charge in [-0.3, -0.25) is 9.59 Å². The van der Waals surface area contributed by atoms with E-state index in [-0.39, 0.29) is 23.9 Å². The van der Waals surface area contributed by atoms with E-state index in [1.807, 2.05) is 0 Å². The molecule has 1 aliphatic rings. The second kappa shape index (κ2) is 9.26. The summed E-state index contributed by atoms with van der Waals surface area (Å²) in [6, 6.07) is 0. The Morgan fingerprint density at radius 1 is 1.38 bits per heavy atom. The van der Waals surface area contributed by atoms with Crippen molar-refractivity contribution in [2.45, 2.75) is 39.5 Å². The van der Waals surface area contributed by atoms with Gasteiger partial charge in [-0.15, -0.1) is 16.4 Å². The number of nitrogens with zero attached hydrogens (tertiary/aromatic N) is 5. The first-order chi connectivity index (χ1) is 13.8. The highest BCUT2D eigenvalue weighted by molar-refractivity contribution is 7.89. The molecule has 9 nitrogen and oxygen atoms in total. The van der Waals surface area contributed by atoms with Crippen molar-refractivity contribution in [3.63, 3.8) is 0 Å². The average molecular weight is 458 g/mol. The van der Waals surface area contributed by atoms with Crippen molar-refractivity contribution >= 4 is 44.7 Å². The van der Waals surface area contributed by atoms with E-state index in [0.717, 1.165) is 15.6 Å². The standard InChI is InChI=1S/C17H23N5O4S3/c1-3-10-29(25,26)22(9-5-8-21-7-4-6-14(21)23)17(24)13-11-27-16(18-13)15-12(2)19-20-28-15/h11H,3-10H2,1-2H3. The molecule has 158 valence electrons. The molecule has 2 aromatic rings. The lowest BCUT2D eigenvalue weighted by atomic mass is 10.3. The number of sulfonamides is 1. The minimum atomic E-state index is -3.76. The predicted molar refractivity (Wildman–Crippen MR) is 111 cm³/mol. The Morgan fingerprint density at radius 3 is 2.79 bits per heavy atom. The number of thiazole rings is 1. The average Bonchev–Trinajstić information content (AvgIpc) is 3.39. The molecule has 0 radical (unpaired) electrons. The molecule has 0 saturated carbocycles. The third kappa shape index (κ3) is 4.98. The van der Waals surface area contributed by atoms with Crippen LogP contribution >= 0.6 is 22.9 Å². The molecule has 3 heterocycles. The number of aryl methyl sites for hydroxylation is 1. The molecule has 3 rings (SSSR count). The summed E-state index contributed by atoms with van der Waals surface area (Å²) in [5.41, 5.74) is 0.809. The van der Waals surface area contributed by atoms with Crippen LogP contribution in [-0.4, -0.2) is 69.4 Å². The normalized spacial score (nSPS) is 14.6. The Hall–Kier alpha value is -1.92. The number of rotatable bonds is 9. The Morgan fingerprint density at radius 2 is 2.17 bits per heavy atom. The van der Waals surface area contributed by atoms with Crippen LogP contribution in [0.1, 0.15) is 48.8 Å². The molecule has 12 heteroatoms. The second-order valence-electron chi connectivity index (χ2n) is 6.76. The third-order valence-corrected chi connectivity index (χ3v) is 8.32. The zero-order chi connectivity index (χ0) is 21.0. The molecule has 0 aromatic carbocycles. The van der Waals surface area contributed by atoms with E-state index in [0.29, 0.717) is 43.1 Å². The van der Waals surface area contributed by atoms with Gasteiger partial charge in [-0.1, -0.05) is 11.4 Å². The van der Waals surface area contributed by atoms with Crippen molar-refractivity contribution in [2.24, 2.45) is 0 Å². The number of aromatic nitrogens is 3. The molecule has 29 heavy (non-hydrogen) atoms. The highest BCUT2D eigenvalue weighted by Crippen LogP contribution is 2.29. The fraction of sp³-hybridized carbons (Fsp3) is 0.588. The Balaban J connectivity index is 1.76. The minimum absolute atomic E-state index is 0.0267. The fourth-order valence-corrected chi connectivity index (χ4v) is 6.18.